The van der Waals surface area contributed by atoms with Crippen LogP contribution in [0.25, 0.3) is 21.1 Å². The van der Waals surface area contributed by atoms with Crippen LogP contribution in [0.2, 0.25) is 0 Å². The summed E-state index contributed by atoms with van der Waals surface area (Å²) in [6.07, 6.45) is 5.43. The van der Waals surface area contributed by atoms with E-state index in [9.17, 15) is 9.18 Å². The van der Waals surface area contributed by atoms with Gasteiger partial charge in [0.15, 0.2) is 0 Å². The summed E-state index contributed by atoms with van der Waals surface area (Å²) in [7, 11) is 3.59. The van der Waals surface area contributed by atoms with E-state index in [0.29, 0.717) is 23.4 Å². The second kappa shape index (κ2) is 6.77. The van der Waals surface area contributed by atoms with Crippen LogP contribution in [-0.4, -0.2) is 45.1 Å². The van der Waals surface area contributed by atoms with Gasteiger partial charge in [-0.25, -0.2) is 14.4 Å². The summed E-state index contributed by atoms with van der Waals surface area (Å²) in [5.74, 6) is 0.366. The molecule has 0 fully saturated rings. The Labute approximate surface area is 170 Å². The molecule has 2 N–H and O–H groups in total. The molecule has 0 radical (unpaired) electrons. The van der Waals surface area contributed by atoms with E-state index in [-0.39, 0.29) is 17.6 Å². The molecule has 1 aliphatic rings. The zero-order valence-corrected chi connectivity index (χ0v) is 16.8. The Kier molecular flexibility index (Phi) is 4.20. The van der Waals surface area contributed by atoms with Crippen LogP contribution in [0.4, 0.5) is 15.9 Å². The molecule has 0 spiro atoms. The van der Waals surface area contributed by atoms with Crippen molar-refractivity contribution in [1.82, 2.24) is 25.1 Å². The highest BCUT2D eigenvalue weighted by molar-refractivity contribution is 7.19. The number of amides is 1. The number of hydrogen-bond acceptors (Lipinski definition) is 6. The summed E-state index contributed by atoms with van der Waals surface area (Å²) >= 11 is 1.59. The van der Waals surface area contributed by atoms with Gasteiger partial charge in [-0.05, 0) is 30.9 Å². The Morgan fingerprint density at radius 3 is 3.03 bits per heavy atom. The summed E-state index contributed by atoms with van der Waals surface area (Å²) < 4.78 is 14.6. The van der Waals surface area contributed by atoms with Crippen LogP contribution in [-0.2, 0) is 17.6 Å². The average Bonchev–Trinajstić information content (AvgIpc) is 3.30. The van der Waals surface area contributed by atoms with Crippen molar-refractivity contribution in [3.05, 3.63) is 40.9 Å². The molecular formula is C20H19FN6OS. The fraction of sp³-hybridized carbons (Fsp3) is 0.300. The third-order valence-corrected chi connectivity index (χ3v) is 6.58. The second-order valence-electron chi connectivity index (χ2n) is 7.49. The zero-order valence-electron chi connectivity index (χ0n) is 16.0. The van der Waals surface area contributed by atoms with E-state index >= 15 is 0 Å². The Bertz CT molecular complexity index is 1250. The standard InChI is InChI=1S/C20H19FN6OS/c1-27(2)20(28)10-3-4-12-16(6-10)29-19-17(12)18(22-9-23-19)25-15-5-11-8-24-26-14(11)7-13(15)21/h5,7-10H,3-4,6H2,1-2H3,(H,24,26)(H,22,23,25)/t10-/m0/s1. The minimum absolute atomic E-state index is 0.00382. The highest BCUT2D eigenvalue weighted by Gasteiger charge is 2.30. The second-order valence-corrected chi connectivity index (χ2v) is 8.58. The van der Waals surface area contributed by atoms with Crippen molar-refractivity contribution in [2.24, 2.45) is 5.92 Å². The first-order valence-corrected chi connectivity index (χ1v) is 10.2. The number of aromatic nitrogens is 4. The number of hydrogen-bond donors (Lipinski definition) is 2. The van der Waals surface area contributed by atoms with E-state index < -0.39 is 0 Å². The summed E-state index contributed by atoms with van der Waals surface area (Å²) in [6.45, 7) is 0. The van der Waals surface area contributed by atoms with Crippen molar-refractivity contribution >= 4 is 49.9 Å². The number of thiophene rings is 1. The fourth-order valence-corrected chi connectivity index (χ4v) is 5.24. The summed E-state index contributed by atoms with van der Waals surface area (Å²) in [5, 5.41) is 11.6. The maximum atomic E-state index is 14.6. The number of fused-ring (bicyclic) bond motifs is 4. The first kappa shape index (κ1) is 18.0. The van der Waals surface area contributed by atoms with Crippen molar-refractivity contribution in [1.29, 1.82) is 0 Å². The molecule has 1 atom stereocenters. The summed E-state index contributed by atoms with van der Waals surface area (Å²) in [6, 6.07) is 3.14. The molecule has 4 aromatic rings. The molecule has 1 aliphatic carbocycles. The number of carbonyl (C=O) groups excluding carboxylic acids is 1. The van der Waals surface area contributed by atoms with E-state index in [1.54, 1.807) is 42.6 Å². The minimum atomic E-state index is -0.380. The molecule has 3 heterocycles. The highest BCUT2D eigenvalue weighted by Crippen LogP contribution is 2.41. The molecule has 1 amide bonds. The van der Waals surface area contributed by atoms with E-state index in [0.717, 1.165) is 28.4 Å². The number of halogens is 1. The van der Waals surface area contributed by atoms with Crippen LogP contribution >= 0.6 is 11.3 Å². The molecule has 0 bridgehead atoms. The molecular weight excluding hydrogens is 391 g/mol. The van der Waals surface area contributed by atoms with Gasteiger partial charge in [0.2, 0.25) is 5.91 Å². The fourth-order valence-electron chi connectivity index (χ4n) is 3.97. The average molecular weight is 410 g/mol. The van der Waals surface area contributed by atoms with Gasteiger partial charge < -0.3 is 10.2 Å². The van der Waals surface area contributed by atoms with Crippen LogP contribution in [0.1, 0.15) is 16.9 Å². The number of aromatic amines is 1. The van der Waals surface area contributed by atoms with Crippen LogP contribution in [0.5, 0.6) is 0 Å². The van der Waals surface area contributed by atoms with Crippen molar-refractivity contribution in [2.45, 2.75) is 19.3 Å². The quantitative estimate of drug-likeness (QED) is 0.538. The number of anilines is 2. The van der Waals surface area contributed by atoms with Gasteiger partial charge >= 0.3 is 0 Å². The van der Waals surface area contributed by atoms with E-state index in [2.05, 4.69) is 25.5 Å². The van der Waals surface area contributed by atoms with Crippen LogP contribution in [0.15, 0.2) is 24.7 Å². The number of nitrogens with one attached hydrogen (secondary N) is 2. The largest absolute Gasteiger partial charge is 0.349 e. The van der Waals surface area contributed by atoms with Crippen LogP contribution in [0, 0.1) is 11.7 Å². The van der Waals surface area contributed by atoms with Crippen molar-refractivity contribution < 1.29 is 9.18 Å². The molecule has 9 heteroatoms. The molecule has 148 valence electrons. The van der Waals surface area contributed by atoms with Gasteiger partial charge in [-0.2, -0.15) is 5.10 Å². The Morgan fingerprint density at radius 1 is 1.34 bits per heavy atom. The van der Waals surface area contributed by atoms with E-state index in [4.69, 9.17) is 0 Å². The summed E-state index contributed by atoms with van der Waals surface area (Å²) in [4.78, 5) is 24.9. The molecule has 0 unspecified atom stereocenters. The predicted molar refractivity (Wildman–Crippen MR) is 111 cm³/mol. The minimum Gasteiger partial charge on any atom is -0.349 e. The first-order valence-electron chi connectivity index (χ1n) is 9.37. The number of carbonyl (C=O) groups is 1. The van der Waals surface area contributed by atoms with Crippen molar-refractivity contribution in [3.8, 4) is 0 Å². The molecule has 3 aromatic heterocycles. The van der Waals surface area contributed by atoms with Gasteiger partial charge in [-0.15, -0.1) is 11.3 Å². The smallest absolute Gasteiger partial charge is 0.225 e. The van der Waals surface area contributed by atoms with Crippen LogP contribution in [0.3, 0.4) is 0 Å². The van der Waals surface area contributed by atoms with Gasteiger partial charge in [-0.1, -0.05) is 0 Å². The molecule has 29 heavy (non-hydrogen) atoms. The number of nitrogens with zero attached hydrogens (tertiary/aromatic N) is 4. The Balaban J connectivity index is 1.54. The lowest BCUT2D eigenvalue weighted by atomic mass is 9.87. The topological polar surface area (TPSA) is 86.8 Å². The van der Waals surface area contributed by atoms with Gasteiger partial charge in [0.25, 0.3) is 0 Å². The molecule has 7 nitrogen and oxygen atoms in total. The number of aryl methyl sites for hydroxylation is 1. The first-order chi connectivity index (χ1) is 14.0. The number of H-pyrrole nitrogens is 1. The number of rotatable bonds is 3. The van der Waals surface area contributed by atoms with Gasteiger partial charge in [0, 0.05) is 36.3 Å². The molecule has 0 saturated heterocycles. The lowest BCUT2D eigenvalue weighted by Gasteiger charge is -2.24. The normalized spacial score (nSPS) is 16.2. The molecule has 0 aliphatic heterocycles. The lowest BCUT2D eigenvalue weighted by Crippen LogP contribution is -2.32. The lowest BCUT2D eigenvalue weighted by molar-refractivity contribution is -0.133. The van der Waals surface area contributed by atoms with Crippen molar-refractivity contribution in [3.63, 3.8) is 0 Å². The van der Waals surface area contributed by atoms with E-state index in [1.807, 2.05) is 0 Å². The Morgan fingerprint density at radius 2 is 2.21 bits per heavy atom. The van der Waals surface area contributed by atoms with Gasteiger partial charge in [0.1, 0.15) is 22.8 Å². The van der Waals surface area contributed by atoms with Crippen LogP contribution < -0.4 is 5.32 Å². The van der Waals surface area contributed by atoms with Gasteiger partial charge in [-0.3, -0.25) is 9.89 Å². The van der Waals surface area contributed by atoms with E-state index in [1.165, 1.54) is 22.8 Å². The Hall–Kier alpha value is -3.07. The SMILES string of the molecule is CN(C)C(=O)[C@H]1CCc2c(sc3ncnc(Nc4cc5cn[nH]c5cc4F)c23)C1. The third-order valence-electron chi connectivity index (χ3n) is 5.42. The number of benzene rings is 1. The summed E-state index contributed by atoms with van der Waals surface area (Å²) in [5.41, 5.74) is 2.15. The zero-order chi connectivity index (χ0) is 20.1. The molecule has 5 rings (SSSR count). The highest BCUT2D eigenvalue weighted by atomic mass is 32.1. The van der Waals surface area contributed by atoms with Gasteiger partial charge in [0.05, 0.1) is 22.8 Å². The predicted octanol–water partition coefficient (Wildman–Crippen LogP) is 3.64. The van der Waals surface area contributed by atoms with Crippen molar-refractivity contribution in [2.75, 3.05) is 19.4 Å². The monoisotopic (exact) mass is 410 g/mol. The molecule has 1 aromatic carbocycles. The maximum absolute atomic E-state index is 14.6. The third kappa shape index (κ3) is 3.02. The maximum Gasteiger partial charge on any atom is 0.225 e. The molecule has 0 saturated carbocycles.